The second-order valence-electron chi connectivity index (χ2n) is 6.53. The third kappa shape index (κ3) is 2.97. The SMILES string of the molecule is CC1CCC(CCn2c(N)cc3ccccc3c2=O)CC1. The normalized spacial score (nSPS) is 22.5. The van der Waals surface area contributed by atoms with Crippen molar-refractivity contribution < 1.29 is 0 Å². The van der Waals surface area contributed by atoms with Crippen molar-refractivity contribution in [3.63, 3.8) is 0 Å². The van der Waals surface area contributed by atoms with Crippen molar-refractivity contribution in [3.8, 4) is 0 Å². The zero-order valence-corrected chi connectivity index (χ0v) is 12.7. The monoisotopic (exact) mass is 284 g/mol. The van der Waals surface area contributed by atoms with Gasteiger partial charge in [0.05, 0.1) is 0 Å². The first-order valence-corrected chi connectivity index (χ1v) is 8.03. The maximum atomic E-state index is 12.6. The van der Waals surface area contributed by atoms with E-state index in [0.717, 1.165) is 35.6 Å². The van der Waals surface area contributed by atoms with Crippen LogP contribution in [0.25, 0.3) is 10.8 Å². The molecule has 1 saturated carbocycles. The van der Waals surface area contributed by atoms with Crippen LogP contribution in [0.15, 0.2) is 35.1 Å². The largest absolute Gasteiger partial charge is 0.385 e. The fourth-order valence-electron chi connectivity index (χ4n) is 3.48. The van der Waals surface area contributed by atoms with E-state index in [1.54, 1.807) is 4.57 Å². The Balaban J connectivity index is 1.79. The van der Waals surface area contributed by atoms with Crippen molar-refractivity contribution in [3.05, 3.63) is 40.7 Å². The van der Waals surface area contributed by atoms with Gasteiger partial charge in [0, 0.05) is 11.9 Å². The highest BCUT2D eigenvalue weighted by Crippen LogP contribution is 2.30. The Morgan fingerprint density at radius 1 is 1.19 bits per heavy atom. The summed E-state index contributed by atoms with van der Waals surface area (Å²) in [6.45, 7) is 3.08. The minimum absolute atomic E-state index is 0.0507. The summed E-state index contributed by atoms with van der Waals surface area (Å²) in [4.78, 5) is 12.6. The molecule has 1 fully saturated rings. The molecule has 0 amide bonds. The standard InChI is InChI=1S/C18H24N2O/c1-13-6-8-14(9-7-13)10-11-20-17(19)12-15-4-2-3-5-16(15)18(20)21/h2-5,12-14H,6-11,19H2,1H3. The average Bonchev–Trinajstić information content (AvgIpc) is 2.49. The predicted octanol–water partition coefficient (Wildman–Crippen LogP) is 3.80. The summed E-state index contributed by atoms with van der Waals surface area (Å²) in [6, 6.07) is 9.59. The molecule has 0 saturated heterocycles. The van der Waals surface area contributed by atoms with E-state index in [-0.39, 0.29) is 5.56 Å². The molecule has 3 nitrogen and oxygen atoms in total. The number of benzene rings is 1. The molecule has 3 rings (SSSR count). The molecule has 1 aromatic carbocycles. The molecule has 0 aliphatic heterocycles. The zero-order chi connectivity index (χ0) is 14.8. The van der Waals surface area contributed by atoms with Gasteiger partial charge in [0.15, 0.2) is 0 Å². The summed E-state index contributed by atoms with van der Waals surface area (Å²) in [7, 11) is 0. The molecule has 1 heterocycles. The summed E-state index contributed by atoms with van der Waals surface area (Å²) in [5, 5.41) is 1.70. The van der Waals surface area contributed by atoms with E-state index in [2.05, 4.69) is 6.92 Å². The number of nitrogen functional groups attached to an aromatic ring is 1. The van der Waals surface area contributed by atoms with Crippen molar-refractivity contribution >= 4 is 16.6 Å². The van der Waals surface area contributed by atoms with Gasteiger partial charge in [0.1, 0.15) is 5.82 Å². The van der Waals surface area contributed by atoms with E-state index in [1.807, 2.05) is 30.3 Å². The van der Waals surface area contributed by atoms with Crippen molar-refractivity contribution in [2.45, 2.75) is 45.6 Å². The van der Waals surface area contributed by atoms with Crippen LogP contribution in [0.4, 0.5) is 5.82 Å². The number of fused-ring (bicyclic) bond motifs is 1. The van der Waals surface area contributed by atoms with Gasteiger partial charge < -0.3 is 5.73 Å². The summed E-state index contributed by atoms with van der Waals surface area (Å²) in [5.74, 6) is 2.21. The lowest BCUT2D eigenvalue weighted by atomic mass is 9.81. The number of pyridine rings is 1. The molecule has 1 aliphatic carbocycles. The van der Waals surface area contributed by atoms with Crippen LogP contribution in [-0.4, -0.2) is 4.57 Å². The molecule has 2 aromatic rings. The number of aromatic nitrogens is 1. The number of nitrogens with zero attached hydrogens (tertiary/aromatic N) is 1. The van der Waals surface area contributed by atoms with Crippen LogP contribution < -0.4 is 11.3 Å². The molecule has 2 N–H and O–H groups in total. The Labute approximate surface area is 125 Å². The first-order chi connectivity index (χ1) is 10.1. The number of anilines is 1. The van der Waals surface area contributed by atoms with Crippen LogP contribution in [0.2, 0.25) is 0 Å². The molecule has 0 unspecified atom stereocenters. The Morgan fingerprint density at radius 3 is 2.67 bits per heavy atom. The third-order valence-corrected chi connectivity index (χ3v) is 4.95. The van der Waals surface area contributed by atoms with E-state index in [4.69, 9.17) is 5.73 Å². The van der Waals surface area contributed by atoms with Gasteiger partial charge in [-0.15, -0.1) is 0 Å². The highest BCUT2D eigenvalue weighted by molar-refractivity contribution is 5.83. The zero-order valence-electron chi connectivity index (χ0n) is 12.7. The smallest absolute Gasteiger partial charge is 0.259 e. The maximum Gasteiger partial charge on any atom is 0.259 e. The van der Waals surface area contributed by atoms with Crippen LogP contribution in [0.5, 0.6) is 0 Å². The molecule has 0 spiro atoms. The molecule has 112 valence electrons. The first-order valence-electron chi connectivity index (χ1n) is 8.03. The highest BCUT2D eigenvalue weighted by atomic mass is 16.1. The quantitative estimate of drug-likeness (QED) is 0.932. The molecule has 3 heteroatoms. The molecule has 1 aromatic heterocycles. The van der Waals surface area contributed by atoms with Crippen LogP contribution >= 0.6 is 0 Å². The van der Waals surface area contributed by atoms with Crippen molar-refractivity contribution in [2.24, 2.45) is 11.8 Å². The second kappa shape index (κ2) is 5.92. The van der Waals surface area contributed by atoms with Gasteiger partial charge in [-0.1, -0.05) is 50.8 Å². The number of rotatable bonds is 3. The predicted molar refractivity (Wildman–Crippen MR) is 88.4 cm³/mol. The van der Waals surface area contributed by atoms with E-state index >= 15 is 0 Å². The van der Waals surface area contributed by atoms with E-state index in [9.17, 15) is 4.79 Å². The second-order valence-corrected chi connectivity index (χ2v) is 6.53. The van der Waals surface area contributed by atoms with Gasteiger partial charge in [-0.25, -0.2) is 0 Å². The van der Waals surface area contributed by atoms with Gasteiger partial charge in [0.2, 0.25) is 0 Å². The van der Waals surface area contributed by atoms with Gasteiger partial charge in [-0.2, -0.15) is 0 Å². The molecular weight excluding hydrogens is 260 g/mol. The van der Waals surface area contributed by atoms with E-state index < -0.39 is 0 Å². The van der Waals surface area contributed by atoms with E-state index in [1.165, 1.54) is 25.7 Å². The van der Waals surface area contributed by atoms with Crippen molar-refractivity contribution in [1.82, 2.24) is 4.57 Å². The van der Waals surface area contributed by atoms with Crippen LogP contribution in [-0.2, 0) is 6.54 Å². The Morgan fingerprint density at radius 2 is 1.90 bits per heavy atom. The Kier molecular flexibility index (Phi) is 4.00. The van der Waals surface area contributed by atoms with Crippen LogP contribution in [0, 0.1) is 11.8 Å². The fraction of sp³-hybridized carbons (Fsp3) is 0.500. The van der Waals surface area contributed by atoms with Crippen molar-refractivity contribution in [2.75, 3.05) is 5.73 Å². The lowest BCUT2D eigenvalue weighted by Crippen LogP contribution is -2.25. The molecule has 0 atom stereocenters. The van der Waals surface area contributed by atoms with Gasteiger partial charge in [-0.3, -0.25) is 9.36 Å². The first kappa shape index (κ1) is 14.2. The lowest BCUT2D eigenvalue weighted by molar-refractivity contribution is 0.268. The van der Waals surface area contributed by atoms with Gasteiger partial charge in [0.25, 0.3) is 5.56 Å². The molecule has 21 heavy (non-hydrogen) atoms. The fourth-order valence-corrected chi connectivity index (χ4v) is 3.48. The van der Waals surface area contributed by atoms with Crippen molar-refractivity contribution in [1.29, 1.82) is 0 Å². The average molecular weight is 284 g/mol. The Hall–Kier alpha value is -1.77. The third-order valence-electron chi connectivity index (χ3n) is 4.95. The maximum absolute atomic E-state index is 12.6. The number of hydrogen-bond donors (Lipinski definition) is 1. The molecule has 0 radical (unpaired) electrons. The number of nitrogens with two attached hydrogens (primary N) is 1. The molecular formula is C18H24N2O. The van der Waals surface area contributed by atoms with Gasteiger partial charge >= 0.3 is 0 Å². The molecule has 1 aliphatic rings. The lowest BCUT2D eigenvalue weighted by Gasteiger charge is -2.26. The Bertz CT molecular complexity index is 681. The number of hydrogen-bond acceptors (Lipinski definition) is 2. The van der Waals surface area contributed by atoms with E-state index in [0.29, 0.717) is 5.82 Å². The van der Waals surface area contributed by atoms with Crippen LogP contribution in [0.3, 0.4) is 0 Å². The topological polar surface area (TPSA) is 48.0 Å². The van der Waals surface area contributed by atoms with Gasteiger partial charge in [-0.05, 0) is 35.8 Å². The molecule has 0 bridgehead atoms. The minimum Gasteiger partial charge on any atom is -0.385 e. The summed E-state index contributed by atoms with van der Waals surface area (Å²) < 4.78 is 1.75. The summed E-state index contributed by atoms with van der Waals surface area (Å²) >= 11 is 0. The minimum atomic E-state index is 0.0507. The highest BCUT2D eigenvalue weighted by Gasteiger charge is 2.18. The summed E-state index contributed by atoms with van der Waals surface area (Å²) in [5.41, 5.74) is 6.14. The summed E-state index contributed by atoms with van der Waals surface area (Å²) in [6.07, 6.45) is 6.31. The van der Waals surface area contributed by atoms with Crippen LogP contribution in [0.1, 0.15) is 39.0 Å².